The third kappa shape index (κ3) is 2.33. The Kier molecular flexibility index (Phi) is 2.93. The Morgan fingerprint density at radius 2 is 2.12 bits per heavy atom. The molecule has 0 amide bonds. The zero-order chi connectivity index (χ0) is 12.6. The molecule has 1 aromatic rings. The van der Waals surface area contributed by atoms with Gasteiger partial charge in [-0.1, -0.05) is 32.4 Å². The van der Waals surface area contributed by atoms with Crippen LogP contribution in [0.15, 0.2) is 0 Å². The fraction of sp³-hybridized carbons (Fsp3) is 0.750. The van der Waals surface area contributed by atoms with Gasteiger partial charge in [0.1, 0.15) is 0 Å². The number of aromatic nitrogens is 3. The number of hydrogen-bond donors (Lipinski definition) is 1. The molecule has 1 heterocycles. The van der Waals surface area contributed by atoms with Crippen molar-refractivity contribution in [3.63, 3.8) is 0 Å². The number of nitrogens with zero attached hydrogens (tertiary/aromatic N) is 3. The molecule has 5 nitrogen and oxygen atoms in total. The van der Waals surface area contributed by atoms with E-state index in [2.05, 4.69) is 10.3 Å². The summed E-state index contributed by atoms with van der Waals surface area (Å²) in [6, 6.07) is 0. The maximum absolute atomic E-state index is 11.1. The highest BCUT2D eigenvalue weighted by molar-refractivity contribution is 5.86. The summed E-state index contributed by atoms with van der Waals surface area (Å²) in [7, 11) is 0. The largest absolute Gasteiger partial charge is 0.476 e. The molecule has 1 aromatic heterocycles. The Hall–Kier alpha value is -1.39. The molecule has 2 rings (SSSR count). The summed E-state index contributed by atoms with van der Waals surface area (Å²) in [5, 5.41) is 17.0. The average Bonchev–Trinajstić information content (AvgIpc) is 2.53. The van der Waals surface area contributed by atoms with Crippen LogP contribution in [0, 0.1) is 5.92 Å². The van der Waals surface area contributed by atoms with Crippen LogP contribution in [0.3, 0.4) is 0 Å². The van der Waals surface area contributed by atoms with Crippen molar-refractivity contribution in [2.24, 2.45) is 5.92 Å². The Labute approximate surface area is 101 Å². The third-order valence-electron chi connectivity index (χ3n) is 3.30. The van der Waals surface area contributed by atoms with Gasteiger partial charge in [-0.05, 0) is 18.8 Å². The molecule has 0 bridgehead atoms. The Bertz CT molecular complexity index is 427. The summed E-state index contributed by atoms with van der Waals surface area (Å²) in [5.41, 5.74) is 0.578. The van der Waals surface area contributed by atoms with E-state index in [1.807, 2.05) is 20.8 Å². The smallest absolute Gasteiger partial charge is 0.358 e. The molecule has 1 aliphatic rings. The van der Waals surface area contributed by atoms with Gasteiger partial charge in [-0.2, -0.15) is 0 Å². The average molecular weight is 237 g/mol. The van der Waals surface area contributed by atoms with E-state index in [4.69, 9.17) is 5.11 Å². The maximum Gasteiger partial charge on any atom is 0.358 e. The molecule has 0 radical (unpaired) electrons. The lowest BCUT2D eigenvalue weighted by Crippen LogP contribution is -2.26. The molecular formula is C12H19N3O2. The van der Waals surface area contributed by atoms with Gasteiger partial charge in [0.2, 0.25) is 0 Å². The van der Waals surface area contributed by atoms with Crippen LogP contribution < -0.4 is 0 Å². The zero-order valence-electron chi connectivity index (χ0n) is 10.6. The SMILES string of the molecule is CC(C)(C)c1c(C(=O)O)nnn1CC1CCC1. The fourth-order valence-electron chi connectivity index (χ4n) is 2.25. The number of carboxylic acid groups (broad SMARTS) is 1. The van der Waals surface area contributed by atoms with Crippen LogP contribution in [-0.4, -0.2) is 26.1 Å². The maximum atomic E-state index is 11.1. The van der Waals surface area contributed by atoms with E-state index < -0.39 is 5.97 Å². The topological polar surface area (TPSA) is 68.0 Å². The van der Waals surface area contributed by atoms with Crippen LogP contribution >= 0.6 is 0 Å². The molecule has 0 aromatic carbocycles. The van der Waals surface area contributed by atoms with Crippen LogP contribution in [0.1, 0.15) is 56.2 Å². The van der Waals surface area contributed by atoms with Crippen molar-refractivity contribution in [3.8, 4) is 0 Å². The number of carboxylic acids is 1. The van der Waals surface area contributed by atoms with Crippen LogP contribution in [-0.2, 0) is 12.0 Å². The van der Waals surface area contributed by atoms with Crippen LogP contribution in [0.4, 0.5) is 0 Å². The lowest BCUT2D eigenvalue weighted by molar-refractivity contribution is 0.0687. The third-order valence-corrected chi connectivity index (χ3v) is 3.30. The highest BCUT2D eigenvalue weighted by Crippen LogP contribution is 2.31. The van der Waals surface area contributed by atoms with E-state index in [0.29, 0.717) is 5.92 Å². The predicted octanol–water partition coefficient (Wildman–Crippen LogP) is 2.07. The predicted molar refractivity (Wildman–Crippen MR) is 63.0 cm³/mol. The minimum Gasteiger partial charge on any atom is -0.476 e. The van der Waals surface area contributed by atoms with Gasteiger partial charge in [-0.15, -0.1) is 5.10 Å². The zero-order valence-corrected chi connectivity index (χ0v) is 10.6. The second-order valence-corrected chi connectivity index (χ2v) is 5.82. The molecule has 17 heavy (non-hydrogen) atoms. The molecule has 94 valence electrons. The Balaban J connectivity index is 2.34. The lowest BCUT2D eigenvalue weighted by Gasteiger charge is -2.27. The molecule has 0 atom stereocenters. The van der Waals surface area contributed by atoms with Crippen LogP contribution in [0.2, 0.25) is 0 Å². The number of rotatable bonds is 3. The molecule has 1 fully saturated rings. The molecule has 1 saturated carbocycles. The van der Waals surface area contributed by atoms with Crippen molar-refractivity contribution in [2.45, 2.75) is 52.0 Å². The molecule has 1 aliphatic carbocycles. The number of aromatic carboxylic acids is 1. The Morgan fingerprint density at radius 3 is 2.53 bits per heavy atom. The second-order valence-electron chi connectivity index (χ2n) is 5.82. The van der Waals surface area contributed by atoms with E-state index in [1.54, 1.807) is 4.68 Å². The van der Waals surface area contributed by atoms with Gasteiger partial charge >= 0.3 is 5.97 Å². The van der Waals surface area contributed by atoms with Gasteiger partial charge in [-0.25, -0.2) is 9.48 Å². The van der Waals surface area contributed by atoms with Crippen molar-refractivity contribution < 1.29 is 9.90 Å². The molecule has 5 heteroatoms. The highest BCUT2D eigenvalue weighted by atomic mass is 16.4. The number of carbonyl (C=O) groups is 1. The van der Waals surface area contributed by atoms with Gasteiger partial charge < -0.3 is 5.11 Å². The van der Waals surface area contributed by atoms with Crippen molar-refractivity contribution in [1.29, 1.82) is 0 Å². The first-order chi connectivity index (χ1) is 7.89. The quantitative estimate of drug-likeness (QED) is 0.873. The molecule has 1 N–H and O–H groups in total. The summed E-state index contributed by atoms with van der Waals surface area (Å²) in [6.07, 6.45) is 3.70. The minimum absolute atomic E-state index is 0.0943. The first kappa shape index (κ1) is 12.1. The summed E-state index contributed by atoms with van der Waals surface area (Å²) >= 11 is 0. The summed E-state index contributed by atoms with van der Waals surface area (Å²) in [6.45, 7) is 6.78. The van der Waals surface area contributed by atoms with E-state index in [1.165, 1.54) is 19.3 Å². The molecule has 0 saturated heterocycles. The molecule has 0 unspecified atom stereocenters. The van der Waals surface area contributed by atoms with Gasteiger partial charge in [-0.3, -0.25) is 0 Å². The van der Waals surface area contributed by atoms with E-state index in [0.717, 1.165) is 12.2 Å². The first-order valence-electron chi connectivity index (χ1n) is 6.07. The summed E-state index contributed by atoms with van der Waals surface area (Å²) in [4.78, 5) is 11.1. The van der Waals surface area contributed by atoms with Crippen molar-refractivity contribution in [1.82, 2.24) is 15.0 Å². The van der Waals surface area contributed by atoms with E-state index in [9.17, 15) is 4.79 Å². The van der Waals surface area contributed by atoms with Gasteiger partial charge in [0.25, 0.3) is 0 Å². The lowest BCUT2D eigenvalue weighted by atomic mass is 9.84. The monoisotopic (exact) mass is 237 g/mol. The van der Waals surface area contributed by atoms with Crippen LogP contribution in [0.5, 0.6) is 0 Å². The van der Waals surface area contributed by atoms with Gasteiger partial charge in [0.15, 0.2) is 5.69 Å². The van der Waals surface area contributed by atoms with Crippen molar-refractivity contribution in [3.05, 3.63) is 11.4 Å². The standard InChI is InChI=1S/C12H19N3O2/c1-12(2,3)10-9(11(16)17)13-14-15(10)7-8-5-4-6-8/h8H,4-7H2,1-3H3,(H,16,17). The second kappa shape index (κ2) is 4.13. The molecular weight excluding hydrogens is 218 g/mol. The first-order valence-corrected chi connectivity index (χ1v) is 6.07. The Morgan fingerprint density at radius 1 is 1.47 bits per heavy atom. The fourth-order valence-corrected chi connectivity index (χ4v) is 2.25. The van der Waals surface area contributed by atoms with Crippen molar-refractivity contribution >= 4 is 5.97 Å². The van der Waals surface area contributed by atoms with Gasteiger partial charge in [0, 0.05) is 12.0 Å². The minimum atomic E-state index is -0.991. The summed E-state index contributed by atoms with van der Waals surface area (Å²) < 4.78 is 1.78. The van der Waals surface area contributed by atoms with Gasteiger partial charge in [0.05, 0.1) is 5.69 Å². The molecule has 0 aliphatic heterocycles. The number of hydrogen-bond acceptors (Lipinski definition) is 3. The highest BCUT2D eigenvalue weighted by Gasteiger charge is 2.30. The normalized spacial score (nSPS) is 16.9. The van der Waals surface area contributed by atoms with Crippen molar-refractivity contribution in [2.75, 3.05) is 0 Å². The molecule has 0 spiro atoms. The van der Waals surface area contributed by atoms with Crippen LogP contribution in [0.25, 0.3) is 0 Å². The van der Waals surface area contributed by atoms with E-state index in [-0.39, 0.29) is 11.1 Å². The summed E-state index contributed by atoms with van der Waals surface area (Å²) in [5.74, 6) is -0.353. The van der Waals surface area contributed by atoms with E-state index >= 15 is 0 Å².